The number of hydrogen-bond donors (Lipinski definition) is 1. The number of aliphatic hydroxyl groups is 1. The Hall–Kier alpha value is -2.80. The maximum atomic E-state index is 10.7. The van der Waals surface area contributed by atoms with Gasteiger partial charge >= 0.3 is 6.20 Å². The maximum Gasteiger partial charge on any atom is 0.387 e. The van der Waals surface area contributed by atoms with Crippen LogP contribution in [-0.2, 0) is 6.42 Å². The van der Waals surface area contributed by atoms with Gasteiger partial charge in [0.25, 0.3) is 0 Å². The normalized spacial score (nSPS) is 25.1. The van der Waals surface area contributed by atoms with Gasteiger partial charge in [0, 0.05) is 5.41 Å². The number of allylic oxidation sites excluding steroid dienone is 1. The SMILES string of the molecule is COc1ccc([C@H]2CCC[C@](C)(/C(O)=C\[N+]#N)[C@@H]2CCc2ccccc2)cc1. The highest BCUT2D eigenvalue weighted by Gasteiger charge is 2.46. The van der Waals surface area contributed by atoms with Crippen molar-refractivity contribution in [2.75, 3.05) is 7.11 Å². The molecule has 28 heavy (non-hydrogen) atoms. The Morgan fingerprint density at radius 1 is 1.21 bits per heavy atom. The average molecular weight is 378 g/mol. The van der Waals surface area contributed by atoms with Gasteiger partial charge in [0.2, 0.25) is 5.39 Å². The molecule has 2 aromatic rings. The Kier molecular flexibility index (Phi) is 6.36. The van der Waals surface area contributed by atoms with E-state index in [1.165, 1.54) is 17.3 Å². The monoisotopic (exact) mass is 377 g/mol. The second-order valence-electron chi connectivity index (χ2n) is 7.95. The van der Waals surface area contributed by atoms with Crippen molar-refractivity contribution < 1.29 is 9.84 Å². The van der Waals surface area contributed by atoms with Gasteiger partial charge in [-0.2, -0.15) is 0 Å². The average Bonchev–Trinajstić information content (AvgIpc) is 2.73. The molecular formula is C24H29N2O2+. The molecule has 4 nitrogen and oxygen atoms in total. The number of rotatable bonds is 6. The second kappa shape index (κ2) is 8.93. The second-order valence-corrected chi connectivity index (χ2v) is 7.95. The van der Waals surface area contributed by atoms with Crippen LogP contribution in [0.3, 0.4) is 0 Å². The third-order valence-corrected chi connectivity index (χ3v) is 6.41. The minimum Gasteiger partial charge on any atom is -0.505 e. The van der Waals surface area contributed by atoms with Crippen molar-refractivity contribution >= 4 is 0 Å². The highest BCUT2D eigenvalue weighted by Crippen LogP contribution is 2.53. The van der Waals surface area contributed by atoms with Crippen molar-refractivity contribution in [3.05, 3.63) is 82.7 Å². The van der Waals surface area contributed by atoms with E-state index in [1.54, 1.807) is 7.11 Å². The van der Waals surface area contributed by atoms with E-state index in [0.717, 1.165) is 37.9 Å². The summed E-state index contributed by atoms with van der Waals surface area (Å²) in [5, 5.41) is 19.7. The molecule has 1 N–H and O–H groups in total. The maximum absolute atomic E-state index is 10.7. The zero-order chi connectivity index (χ0) is 20.0. The van der Waals surface area contributed by atoms with E-state index in [9.17, 15) is 5.11 Å². The first kappa shape index (κ1) is 19.9. The lowest BCUT2D eigenvalue weighted by atomic mass is 9.58. The molecule has 0 saturated heterocycles. The molecule has 146 valence electrons. The minimum absolute atomic E-state index is 0.172. The van der Waals surface area contributed by atoms with Crippen LogP contribution >= 0.6 is 0 Å². The lowest BCUT2D eigenvalue weighted by Crippen LogP contribution is -2.38. The predicted molar refractivity (Wildman–Crippen MR) is 112 cm³/mol. The molecular weight excluding hydrogens is 348 g/mol. The molecule has 2 aromatic carbocycles. The van der Waals surface area contributed by atoms with E-state index in [2.05, 4.69) is 48.3 Å². The standard InChI is InChI=1S/C24H28N2O2/c1-24(23(27)17-26-25)16-6-9-21(19-11-13-20(28-2)14-12-19)22(24)15-10-18-7-4-3-5-8-18/h3-5,7-8,11-14,17,21-22H,6,9-10,15-16H2,1-2H3/p+1/b23-17+/t21-,22-,24+/m1/s1. The third kappa shape index (κ3) is 4.20. The number of diazo groups is 1. The number of ether oxygens (including phenoxy) is 1. The molecule has 0 aromatic heterocycles. The van der Waals surface area contributed by atoms with Gasteiger partial charge in [-0.3, -0.25) is 0 Å². The van der Waals surface area contributed by atoms with E-state index in [-0.39, 0.29) is 11.7 Å². The molecule has 1 fully saturated rings. The molecule has 0 radical (unpaired) electrons. The van der Waals surface area contributed by atoms with Gasteiger partial charge in [-0.05, 0) is 60.8 Å². The molecule has 0 unspecified atom stereocenters. The molecule has 1 aliphatic rings. The first-order valence-corrected chi connectivity index (χ1v) is 10.00. The summed E-state index contributed by atoms with van der Waals surface area (Å²) in [6.07, 6.45) is 6.12. The topological polar surface area (TPSA) is 57.6 Å². The van der Waals surface area contributed by atoms with Crippen LogP contribution in [-0.4, -0.2) is 12.2 Å². The van der Waals surface area contributed by atoms with Crippen LogP contribution in [0.25, 0.3) is 4.98 Å². The van der Waals surface area contributed by atoms with Gasteiger partial charge in [-0.25, -0.2) is 0 Å². The fourth-order valence-electron chi connectivity index (χ4n) is 4.78. The Labute approximate surface area is 167 Å². The van der Waals surface area contributed by atoms with Gasteiger partial charge in [0.05, 0.1) is 7.11 Å². The number of nitrogens with zero attached hydrogens (tertiary/aromatic N) is 2. The Balaban J connectivity index is 1.93. The number of benzene rings is 2. The van der Waals surface area contributed by atoms with Crippen LogP contribution < -0.4 is 4.74 Å². The summed E-state index contributed by atoms with van der Waals surface area (Å²) in [5.41, 5.74) is 2.17. The molecule has 0 heterocycles. The molecule has 1 saturated carbocycles. The van der Waals surface area contributed by atoms with Crippen LogP contribution in [0.5, 0.6) is 5.75 Å². The Bertz CT molecular complexity index is 839. The number of hydrogen-bond acceptors (Lipinski definition) is 3. The van der Waals surface area contributed by atoms with Crippen molar-refractivity contribution in [1.82, 2.24) is 0 Å². The zero-order valence-electron chi connectivity index (χ0n) is 16.7. The van der Waals surface area contributed by atoms with Gasteiger partial charge in [-0.15, -0.1) is 0 Å². The van der Waals surface area contributed by atoms with E-state index >= 15 is 0 Å². The van der Waals surface area contributed by atoms with Crippen LogP contribution in [0.4, 0.5) is 0 Å². The Morgan fingerprint density at radius 2 is 1.93 bits per heavy atom. The summed E-state index contributed by atoms with van der Waals surface area (Å²) >= 11 is 0. The van der Waals surface area contributed by atoms with Crippen LogP contribution in [0, 0.1) is 16.7 Å². The quantitative estimate of drug-likeness (QED) is 0.463. The van der Waals surface area contributed by atoms with Crippen LogP contribution in [0.15, 0.2) is 66.6 Å². The molecule has 0 amide bonds. The van der Waals surface area contributed by atoms with E-state index in [4.69, 9.17) is 10.1 Å². The highest BCUT2D eigenvalue weighted by molar-refractivity contribution is 5.31. The molecule has 0 aliphatic heterocycles. The highest BCUT2D eigenvalue weighted by atomic mass is 16.5. The molecule has 0 bridgehead atoms. The molecule has 0 spiro atoms. The minimum atomic E-state index is -0.413. The zero-order valence-corrected chi connectivity index (χ0v) is 16.7. The van der Waals surface area contributed by atoms with Crippen molar-refractivity contribution in [3.63, 3.8) is 0 Å². The largest absolute Gasteiger partial charge is 0.505 e. The summed E-state index contributed by atoms with van der Waals surface area (Å²) < 4.78 is 5.31. The van der Waals surface area contributed by atoms with Crippen LogP contribution in [0.2, 0.25) is 0 Å². The van der Waals surface area contributed by atoms with E-state index < -0.39 is 5.41 Å². The molecule has 3 atom stereocenters. The summed E-state index contributed by atoms with van der Waals surface area (Å²) in [6, 6.07) is 18.8. The summed E-state index contributed by atoms with van der Waals surface area (Å²) in [6.45, 7) is 2.11. The van der Waals surface area contributed by atoms with Gasteiger partial charge in [0.15, 0.2) is 10.7 Å². The van der Waals surface area contributed by atoms with Crippen molar-refractivity contribution in [1.29, 1.82) is 5.39 Å². The first-order chi connectivity index (χ1) is 13.6. The van der Waals surface area contributed by atoms with Crippen LogP contribution in [0.1, 0.15) is 49.7 Å². The van der Waals surface area contributed by atoms with E-state index in [1.807, 2.05) is 18.2 Å². The van der Waals surface area contributed by atoms with Crippen molar-refractivity contribution in [3.8, 4) is 5.75 Å². The van der Waals surface area contributed by atoms with Gasteiger partial charge in [-0.1, -0.05) is 55.8 Å². The summed E-state index contributed by atoms with van der Waals surface area (Å²) in [5.74, 6) is 1.60. The number of methoxy groups -OCH3 is 1. The van der Waals surface area contributed by atoms with Gasteiger partial charge in [0.1, 0.15) is 5.75 Å². The fourth-order valence-corrected chi connectivity index (χ4v) is 4.78. The predicted octanol–water partition coefficient (Wildman–Crippen LogP) is 6.47. The first-order valence-electron chi connectivity index (χ1n) is 10.00. The molecule has 4 heteroatoms. The van der Waals surface area contributed by atoms with E-state index in [0.29, 0.717) is 5.92 Å². The third-order valence-electron chi connectivity index (χ3n) is 6.41. The fraction of sp³-hybridized carbons (Fsp3) is 0.417. The van der Waals surface area contributed by atoms with Crippen molar-refractivity contribution in [2.24, 2.45) is 11.3 Å². The summed E-state index contributed by atoms with van der Waals surface area (Å²) in [4.78, 5) is 3.10. The lowest BCUT2D eigenvalue weighted by Gasteiger charge is -2.45. The molecule has 3 rings (SSSR count). The number of aliphatic hydroxyl groups excluding tert-OH is 1. The smallest absolute Gasteiger partial charge is 0.387 e. The van der Waals surface area contributed by atoms with Gasteiger partial charge < -0.3 is 9.84 Å². The Morgan fingerprint density at radius 3 is 2.57 bits per heavy atom. The lowest BCUT2D eigenvalue weighted by molar-refractivity contribution is 0.0749. The summed E-state index contributed by atoms with van der Waals surface area (Å²) in [7, 11) is 1.68. The van der Waals surface area contributed by atoms with Crippen molar-refractivity contribution in [2.45, 2.75) is 44.9 Å². The number of aryl methyl sites for hydroxylation is 1. The molecule has 1 aliphatic carbocycles.